The molecular weight excluding hydrogens is 230 g/mol. The topological polar surface area (TPSA) is 39.7 Å². The first-order chi connectivity index (χ1) is 8.85. The molecule has 0 aliphatic carbocycles. The molecule has 0 aromatic heterocycles. The molecule has 1 aliphatic rings. The van der Waals surface area contributed by atoms with E-state index in [1.54, 1.807) is 7.11 Å². The molecule has 0 amide bonds. The van der Waals surface area contributed by atoms with Gasteiger partial charge in [-0.2, -0.15) is 0 Å². The van der Waals surface area contributed by atoms with E-state index in [2.05, 4.69) is 11.4 Å². The van der Waals surface area contributed by atoms with Crippen molar-refractivity contribution in [2.24, 2.45) is 5.92 Å². The highest BCUT2D eigenvalue weighted by Gasteiger charge is 2.18. The normalized spacial score (nSPS) is 18.9. The van der Waals surface area contributed by atoms with E-state index in [0.717, 1.165) is 43.2 Å². The quantitative estimate of drug-likeness (QED) is 0.837. The average molecular weight is 251 g/mol. The van der Waals surface area contributed by atoms with Crippen LogP contribution in [-0.2, 0) is 11.3 Å². The summed E-state index contributed by atoms with van der Waals surface area (Å²) in [5.74, 6) is 2.14. The standard InChI is InChI=1S/C14H21NO3/c1-15-8-12-4-3-5-13(16-2)14(12)18-10-11-6-7-17-9-11/h3-5,11,15H,6-10H2,1-2H3. The summed E-state index contributed by atoms with van der Waals surface area (Å²) in [6.07, 6.45) is 1.08. The third-order valence-corrected chi connectivity index (χ3v) is 3.13. The van der Waals surface area contributed by atoms with Gasteiger partial charge in [0.1, 0.15) is 0 Å². The number of hydrogen-bond donors (Lipinski definition) is 1. The fourth-order valence-corrected chi connectivity index (χ4v) is 2.13. The van der Waals surface area contributed by atoms with Gasteiger partial charge in [-0.3, -0.25) is 0 Å². The van der Waals surface area contributed by atoms with Crippen LogP contribution >= 0.6 is 0 Å². The van der Waals surface area contributed by atoms with Crippen LogP contribution in [0.3, 0.4) is 0 Å². The summed E-state index contributed by atoms with van der Waals surface area (Å²) >= 11 is 0. The van der Waals surface area contributed by atoms with Gasteiger partial charge in [-0.1, -0.05) is 12.1 Å². The van der Waals surface area contributed by atoms with E-state index in [1.807, 2.05) is 19.2 Å². The van der Waals surface area contributed by atoms with Crippen LogP contribution in [0.5, 0.6) is 11.5 Å². The van der Waals surface area contributed by atoms with E-state index < -0.39 is 0 Å². The zero-order valence-corrected chi connectivity index (χ0v) is 11.1. The number of rotatable bonds is 6. The van der Waals surface area contributed by atoms with Gasteiger partial charge in [0.15, 0.2) is 11.5 Å². The second-order valence-corrected chi connectivity index (χ2v) is 4.52. The molecule has 18 heavy (non-hydrogen) atoms. The first-order valence-corrected chi connectivity index (χ1v) is 6.36. The van der Waals surface area contributed by atoms with Gasteiger partial charge in [0.05, 0.1) is 20.3 Å². The van der Waals surface area contributed by atoms with Crippen molar-refractivity contribution in [1.82, 2.24) is 5.32 Å². The SMILES string of the molecule is CNCc1cccc(OC)c1OCC1CCOC1. The maximum atomic E-state index is 5.95. The van der Waals surface area contributed by atoms with Gasteiger partial charge < -0.3 is 19.5 Å². The van der Waals surface area contributed by atoms with E-state index in [0.29, 0.717) is 12.5 Å². The molecule has 1 heterocycles. The number of ether oxygens (including phenoxy) is 3. The minimum Gasteiger partial charge on any atom is -0.493 e. The third kappa shape index (κ3) is 3.15. The fourth-order valence-electron chi connectivity index (χ4n) is 2.13. The Hall–Kier alpha value is -1.26. The molecule has 1 unspecified atom stereocenters. The van der Waals surface area contributed by atoms with Crippen LogP contribution in [0.1, 0.15) is 12.0 Å². The maximum Gasteiger partial charge on any atom is 0.165 e. The van der Waals surface area contributed by atoms with Crippen LogP contribution in [0.2, 0.25) is 0 Å². The molecule has 1 atom stereocenters. The lowest BCUT2D eigenvalue weighted by Gasteiger charge is -2.16. The molecule has 1 aromatic rings. The van der Waals surface area contributed by atoms with Crippen molar-refractivity contribution in [3.8, 4) is 11.5 Å². The lowest BCUT2D eigenvalue weighted by Crippen LogP contribution is -2.14. The molecule has 4 heteroatoms. The van der Waals surface area contributed by atoms with Crippen molar-refractivity contribution >= 4 is 0 Å². The van der Waals surface area contributed by atoms with Crippen molar-refractivity contribution in [2.45, 2.75) is 13.0 Å². The smallest absolute Gasteiger partial charge is 0.165 e. The van der Waals surface area contributed by atoms with Gasteiger partial charge in [0.2, 0.25) is 0 Å². The molecule has 1 saturated heterocycles. The van der Waals surface area contributed by atoms with Crippen molar-refractivity contribution in [2.75, 3.05) is 34.0 Å². The maximum absolute atomic E-state index is 5.95. The number of benzene rings is 1. The van der Waals surface area contributed by atoms with Gasteiger partial charge in [-0.25, -0.2) is 0 Å². The first kappa shape index (κ1) is 13.2. The largest absolute Gasteiger partial charge is 0.493 e. The molecule has 0 spiro atoms. The average Bonchev–Trinajstić information content (AvgIpc) is 2.90. The summed E-state index contributed by atoms with van der Waals surface area (Å²) in [5, 5.41) is 3.14. The van der Waals surface area contributed by atoms with Crippen LogP contribution < -0.4 is 14.8 Å². The Kier molecular flexibility index (Phi) is 4.84. The monoisotopic (exact) mass is 251 g/mol. The van der Waals surface area contributed by atoms with Crippen LogP contribution in [0.15, 0.2) is 18.2 Å². The molecule has 100 valence electrons. The Labute approximate surface area is 108 Å². The molecular formula is C14H21NO3. The summed E-state index contributed by atoms with van der Waals surface area (Å²) in [5.41, 5.74) is 1.12. The van der Waals surface area contributed by atoms with Gasteiger partial charge in [-0.05, 0) is 19.5 Å². The van der Waals surface area contributed by atoms with Gasteiger partial charge in [-0.15, -0.1) is 0 Å². The lowest BCUT2D eigenvalue weighted by molar-refractivity contribution is 0.165. The van der Waals surface area contributed by atoms with Gasteiger partial charge in [0, 0.05) is 24.6 Å². The Morgan fingerprint density at radius 2 is 2.33 bits per heavy atom. The second kappa shape index (κ2) is 6.61. The highest BCUT2D eigenvalue weighted by atomic mass is 16.5. The minimum absolute atomic E-state index is 0.498. The van der Waals surface area contributed by atoms with Gasteiger partial charge >= 0.3 is 0 Å². The number of hydrogen-bond acceptors (Lipinski definition) is 4. The summed E-state index contributed by atoms with van der Waals surface area (Å²) in [6, 6.07) is 5.97. The molecule has 0 bridgehead atoms. The Morgan fingerprint density at radius 3 is 3.00 bits per heavy atom. The molecule has 1 aliphatic heterocycles. The highest BCUT2D eigenvalue weighted by Crippen LogP contribution is 2.31. The molecule has 2 rings (SSSR count). The van der Waals surface area contributed by atoms with E-state index in [1.165, 1.54) is 0 Å². The van der Waals surface area contributed by atoms with Crippen LogP contribution in [-0.4, -0.2) is 34.0 Å². The molecule has 4 nitrogen and oxygen atoms in total. The number of methoxy groups -OCH3 is 1. The summed E-state index contributed by atoms with van der Waals surface area (Å²) in [6.45, 7) is 3.12. The fraction of sp³-hybridized carbons (Fsp3) is 0.571. The Balaban J connectivity index is 2.07. The predicted molar refractivity (Wildman–Crippen MR) is 70.2 cm³/mol. The van der Waals surface area contributed by atoms with Crippen LogP contribution in [0.25, 0.3) is 0 Å². The molecule has 1 fully saturated rings. The number of para-hydroxylation sites is 1. The first-order valence-electron chi connectivity index (χ1n) is 6.36. The summed E-state index contributed by atoms with van der Waals surface area (Å²) in [7, 11) is 3.60. The Bertz CT molecular complexity index is 375. The van der Waals surface area contributed by atoms with E-state index in [9.17, 15) is 0 Å². The molecule has 1 aromatic carbocycles. The van der Waals surface area contributed by atoms with E-state index >= 15 is 0 Å². The van der Waals surface area contributed by atoms with E-state index in [4.69, 9.17) is 14.2 Å². The highest BCUT2D eigenvalue weighted by molar-refractivity contribution is 5.46. The van der Waals surface area contributed by atoms with Crippen LogP contribution in [0, 0.1) is 5.92 Å². The third-order valence-electron chi connectivity index (χ3n) is 3.13. The van der Waals surface area contributed by atoms with E-state index in [-0.39, 0.29) is 0 Å². The zero-order valence-electron chi connectivity index (χ0n) is 11.1. The number of nitrogens with one attached hydrogen (secondary N) is 1. The Morgan fingerprint density at radius 1 is 1.44 bits per heavy atom. The summed E-state index contributed by atoms with van der Waals surface area (Å²) in [4.78, 5) is 0. The zero-order chi connectivity index (χ0) is 12.8. The predicted octanol–water partition coefficient (Wildman–Crippen LogP) is 1.83. The second-order valence-electron chi connectivity index (χ2n) is 4.52. The van der Waals surface area contributed by atoms with Crippen molar-refractivity contribution in [3.05, 3.63) is 23.8 Å². The molecule has 0 saturated carbocycles. The van der Waals surface area contributed by atoms with Crippen molar-refractivity contribution < 1.29 is 14.2 Å². The van der Waals surface area contributed by atoms with Crippen LogP contribution in [0.4, 0.5) is 0 Å². The minimum atomic E-state index is 0.498. The summed E-state index contributed by atoms with van der Waals surface area (Å²) < 4.78 is 16.7. The molecule has 1 N–H and O–H groups in total. The van der Waals surface area contributed by atoms with Crippen molar-refractivity contribution in [1.29, 1.82) is 0 Å². The lowest BCUT2D eigenvalue weighted by atomic mass is 10.1. The van der Waals surface area contributed by atoms with Gasteiger partial charge in [0.25, 0.3) is 0 Å². The van der Waals surface area contributed by atoms with Crippen molar-refractivity contribution in [3.63, 3.8) is 0 Å². The molecule has 0 radical (unpaired) electrons.